The smallest absolute Gasteiger partial charge is 0.337 e. The fraction of sp³-hybridized carbons (Fsp3) is 0.900. The van der Waals surface area contributed by atoms with Crippen molar-refractivity contribution in [2.24, 2.45) is 5.73 Å². The molecule has 0 aliphatic carbocycles. The number of aliphatic hydroxyl groups excluding tert-OH is 1. The van der Waals surface area contributed by atoms with Crippen LogP contribution in [0.2, 0.25) is 0 Å². The van der Waals surface area contributed by atoms with Crippen LogP contribution in [0.5, 0.6) is 0 Å². The minimum absolute atomic E-state index is 0.229. The van der Waals surface area contributed by atoms with E-state index in [1.54, 1.807) is 27.7 Å². The molecule has 0 aliphatic rings. The summed E-state index contributed by atoms with van der Waals surface area (Å²) in [4.78, 5) is 10.9. The van der Waals surface area contributed by atoms with Crippen molar-refractivity contribution in [1.29, 1.82) is 0 Å². The van der Waals surface area contributed by atoms with Gasteiger partial charge in [-0.2, -0.15) is 0 Å². The summed E-state index contributed by atoms with van der Waals surface area (Å²) < 4.78 is 23.0. The third-order valence-corrected chi connectivity index (χ3v) is 4.48. The molecular formula is C10H22NO5P. The van der Waals surface area contributed by atoms with Crippen molar-refractivity contribution < 1.29 is 23.5 Å². The van der Waals surface area contributed by atoms with Gasteiger partial charge in [0.1, 0.15) is 0 Å². The highest BCUT2D eigenvalue weighted by Crippen LogP contribution is 2.55. The third kappa shape index (κ3) is 6.17. The van der Waals surface area contributed by atoms with Gasteiger partial charge in [0.15, 0.2) is 0 Å². The molecule has 0 spiro atoms. The van der Waals surface area contributed by atoms with Crippen LogP contribution in [0.1, 0.15) is 34.1 Å². The Hall–Kier alpha value is -0.420. The summed E-state index contributed by atoms with van der Waals surface area (Å²) in [6.45, 7) is 6.34. The van der Waals surface area contributed by atoms with Crippen molar-refractivity contribution in [1.82, 2.24) is 0 Å². The maximum absolute atomic E-state index is 12.5. The van der Waals surface area contributed by atoms with Gasteiger partial charge >= 0.3 is 7.60 Å². The Morgan fingerprint density at radius 2 is 1.65 bits per heavy atom. The minimum atomic E-state index is -3.55. The summed E-state index contributed by atoms with van der Waals surface area (Å²) in [6, 6.07) is 0. The molecule has 0 saturated heterocycles. The van der Waals surface area contributed by atoms with Crippen LogP contribution in [0.4, 0.5) is 0 Å². The summed E-state index contributed by atoms with van der Waals surface area (Å²) in [6.07, 6.45) is -0.893. The number of carbonyl (C=O) groups excluding carboxylic acids is 1. The Bertz CT molecular complexity index is 278. The summed E-state index contributed by atoms with van der Waals surface area (Å²) in [5.41, 5.74) is 4.13. The van der Waals surface area contributed by atoms with Gasteiger partial charge < -0.3 is 19.9 Å². The SMILES string of the molecule is CC(C)OP(=O)(OC(C)C)C(CO)CC(N)=O. The molecule has 17 heavy (non-hydrogen) atoms. The van der Waals surface area contributed by atoms with Crippen molar-refractivity contribution in [3.05, 3.63) is 0 Å². The Balaban J connectivity index is 4.97. The molecule has 0 fully saturated rings. The third-order valence-electron chi connectivity index (χ3n) is 1.81. The van der Waals surface area contributed by atoms with Gasteiger partial charge in [-0.15, -0.1) is 0 Å². The number of carbonyl (C=O) groups is 1. The molecule has 0 heterocycles. The fourth-order valence-corrected chi connectivity index (χ4v) is 3.47. The molecule has 1 atom stereocenters. The van der Waals surface area contributed by atoms with Crippen LogP contribution in [0.3, 0.4) is 0 Å². The largest absolute Gasteiger partial charge is 0.395 e. The number of nitrogens with two attached hydrogens (primary N) is 1. The second kappa shape index (κ2) is 7.11. The topological polar surface area (TPSA) is 98.8 Å². The first kappa shape index (κ1) is 16.6. The van der Waals surface area contributed by atoms with E-state index in [0.717, 1.165) is 0 Å². The normalized spacial score (nSPS) is 14.3. The predicted octanol–water partition coefficient (Wildman–Crippen LogP) is 1.27. The number of primary amides is 1. The number of aliphatic hydroxyl groups is 1. The Kier molecular flexibility index (Phi) is 6.94. The quantitative estimate of drug-likeness (QED) is 0.645. The molecule has 0 rings (SSSR count). The zero-order chi connectivity index (χ0) is 13.6. The zero-order valence-corrected chi connectivity index (χ0v) is 11.6. The van der Waals surface area contributed by atoms with Crippen LogP contribution < -0.4 is 5.73 Å². The molecule has 0 aliphatic heterocycles. The maximum Gasteiger partial charge on any atom is 0.337 e. The maximum atomic E-state index is 12.5. The van der Waals surface area contributed by atoms with Gasteiger partial charge in [0, 0.05) is 6.42 Å². The van der Waals surface area contributed by atoms with Gasteiger partial charge in [0.05, 0.1) is 24.5 Å². The molecule has 0 saturated carbocycles. The molecule has 3 N–H and O–H groups in total. The van der Waals surface area contributed by atoms with Crippen LogP contribution >= 0.6 is 7.60 Å². The molecule has 7 heteroatoms. The molecule has 0 aromatic heterocycles. The van der Waals surface area contributed by atoms with Crippen LogP contribution in [0.15, 0.2) is 0 Å². The molecule has 6 nitrogen and oxygen atoms in total. The lowest BCUT2D eigenvalue weighted by Gasteiger charge is -2.28. The van der Waals surface area contributed by atoms with Crippen molar-refractivity contribution in [2.45, 2.75) is 52.0 Å². The van der Waals surface area contributed by atoms with E-state index < -0.39 is 25.8 Å². The second-order valence-corrected chi connectivity index (χ2v) is 6.59. The summed E-state index contributed by atoms with van der Waals surface area (Å²) in [7, 11) is -3.55. The van der Waals surface area contributed by atoms with E-state index in [9.17, 15) is 14.5 Å². The van der Waals surface area contributed by atoms with Crippen molar-refractivity contribution in [3.63, 3.8) is 0 Å². The van der Waals surface area contributed by atoms with E-state index >= 15 is 0 Å². The molecule has 1 amide bonds. The lowest BCUT2D eigenvalue weighted by molar-refractivity contribution is -0.118. The van der Waals surface area contributed by atoms with Crippen molar-refractivity contribution in [2.75, 3.05) is 6.61 Å². The standard InChI is InChI=1S/C10H22NO5P/c1-7(2)15-17(14,16-8(3)4)9(6-12)5-10(11)13/h7-9,12H,5-6H2,1-4H3,(H2,11,13). The van der Waals surface area contributed by atoms with Crippen molar-refractivity contribution >= 4 is 13.5 Å². The van der Waals surface area contributed by atoms with E-state index in [1.165, 1.54) is 0 Å². The highest BCUT2D eigenvalue weighted by molar-refractivity contribution is 7.54. The van der Waals surface area contributed by atoms with Crippen LogP contribution in [0.25, 0.3) is 0 Å². The second-order valence-electron chi connectivity index (χ2n) is 4.35. The monoisotopic (exact) mass is 267 g/mol. The zero-order valence-electron chi connectivity index (χ0n) is 10.8. The first-order chi connectivity index (χ1) is 7.71. The van der Waals surface area contributed by atoms with Gasteiger partial charge in [-0.1, -0.05) is 0 Å². The average molecular weight is 267 g/mol. The highest BCUT2D eigenvalue weighted by atomic mass is 31.2. The first-order valence-electron chi connectivity index (χ1n) is 5.57. The average Bonchev–Trinajstić information content (AvgIpc) is 2.10. The van der Waals surface area contributed by atoms with Gasteiger partial charge in [-0.25, -0.2) is 0 Å². The Morgan fingerprint density at radius 3 is 1.88 bits per heavy atom. The van der Waals surface area contributed by atoms with Crippen molar-refractivity contribution in [3.8, 4) is 0 Å². The molecule has 102 valence electrons. The highest BCUT2D eigenvalue weighted by Gasteiger charge is 2.38. The lowest BCUT2D eigenvalue weighted by atomic mass is 10.3. The number of rotatable bonds is 8. The lowest BCUT2D eigenvalue weighted by Crippen LogP contribution is -2.27. The van der Waals surface area contributed by atoms with Gasteiger partial charge in [0.25, 0.3) is 0 Å². The predicted molar refractivity (Wildman–Crippen MR) is 64.7 cm³/mol. The van der Waals surface area contributed by atoms with Crippen LogP contribution in [-0.2, 0) is 18.4 Å². The van der Waals surface area contributed by atoms with E-state index in [0.29, 0.717) is 0 Å². The van der Waals surface area contributed by atoms with Gasteiger partial charge in [0.2, 0.25) is 5.91 Å². The summed E-state index contributed by atoms with van der Waals surface area (Å²) in [5, 5.41) is 9.20. The first-order valence-corrected chi connectivity index (χ1v) is 7.18. The molecule has 1 unspecified atom stereocenters. The van der Waals surface area contributed by atoms with E-state index in [-0.39, 0.29) is 18.6 Å². The number of amides is 1. The molecule has 0 aromatic carbocycles. The van der Waals surface area contributed by atoms with Gasteiger partial charge in [-0.05, 0) is 27.7 Å². The summed E-state index contributed by atoms with van der Waals surface area (Å²) >= 11 is 0. The van der Waals surface area contributed by atoms with E-state index in [4.69, 9.17) is 14.8 Å². The minimum Gasteiger partial charge on any atom is -0.395 e. The molecule has 0 bridgehead atoms. The molecule has 0 radical (unpaired) electrons. The Labute approximate surface area is 102 Å². The number of hydrogen-bond donors (Lipinski definition) is 2. The molecular weight excluding hydrogens is 245 g/mol. The van der Waals surface area contributed by atoms with Gasteiger partial charge in [-0.3, -0.25) is 9.36 Å². The molecule has 0 aromatic rings. The Morgan fingerprint density at radius 1 is 1.24 bits per heavy atom. The fourth-order valence-electron chi connectivity index (χ4n) is 1.29. The van der Waals surface area contributed by atoms with E-state index in [2.05, 4.69) is 0 Å². The van der Waals surface area contributed by atoms with Crippen LogP contribution in [0, 0.1) is 0 Å². The summed E-state index contributed by atoms with van der Waals surface area (Å²) in [5.74, 6) is -0.649. The number of hydrogen-bond acceptors (Lipinski definition) is 5. The van der Waals surface area contributed by atoms with Crippen LogP contribution in [-0.4, -0.2) is 35.5 Å². The van der Waals surface area contributed by atoms with E-state index in [1.807, 2.05) is 0 Å².